The van der Waals surface area contributed by atoms with Crippen LogP contribution in [0.4, 0.5) is 0 Å². The summed E-state index contributed by atoms with van der Waals surface area (Å²) in [6.45, 7) is 5.99. The standard InChI is InChI=1S/C25H26ClN3O2/c1-25(2,3)23(30)27-14-15-4-11-20(26)19(12-15)22-13-21(28-24(31)29-22)18-9-7-17(8-10-18)16-5-6-16/h4,7-13,16H,5-6,14H2,1-3H3,(H,27,30)(H,28,29,31). The van der Waals surface area contributed by atoms with Crippen molar-refractivity contribution in [1.29, 1.82) is 0 Å². The van der Waals surface area contributed by atoms with Gasteiger partial charge in [0, 0.05) is 28.1 Å². The second-order valence-electron chi connectivity index (χ2n) is 9.13. The van der Waals surface area contributed by atoms with Gasteiger partial charge in [0.2, 0.25) is 5.91 Å². The number of halogens is 1. The maximum Gasteiger partial charge on any atom is 0.345 e. The second-order valence-corrected chi connectivity index (χ2v) is 9.54. The first-order valence-electron chi connectivity index (χ1n) is 10.5. The lowest BCUT2D eigenvalue weighted by Gasteiger charge is -2.18. The van der Waals surface area contributed by atoms with E-state index in [0.29, 0.717) is 34.4 Å². The minimum Gasteiger partial charge on any atom is -0.352 e. The van der Waals surface area contributed by atoms with E-state index in [1.165, 1.54) is 18.4 Å². The molecule has 1 aliphatic rings. The molecule has 160 valence electrons. The monoisotopic (exact) mass is 435 g/mol. The zero-order valence-electron chi connectivity index (χ0n) is 18.0. The van der Waals surface area contributed by atoms with Crippen LogP contribution in [0.2, 0.25) is 5.02 Å². The van der Waals surface area contributed by atoms with Crippen LogP contribution in [0.25, 0.3) is 22.5 Å². The first-order valence-corrected chi connectivity index (χ1v) is 10.9. The molecule has 0 aliphatic heterocycles. The molecule has 1 fully saturated rings. The number of nitrogens with one attached hydrogen (secondary N) is 2. The van der Waals surface area contributed by atoms with Gasteiger partial charge in [0.15, 0.2) is 0 Å². The van der Waals surface area contributed by atoms with Crippen molar-refractivity contribution in [2.24, 2.45) is 5.41 Å². The van der Waals surface area contributed by atoms with Crippen LogP contribution in [-0.4, -0.2) is 15.9 Å². The summed E-state index contributed by atoms with van der Waals surface area (Å²) in [5.74, 6) is 0.648. The number of carbonyl (C=O) groups excluding carboxylic acids is 1. The van der Waals surface area contributed by atoms with E-state index in [4.69, 9.17) is 11.6 Å². The third-order valence-corrected chi connectivity index (χ3v) is 5.78. The normalized spacial score (nSPS) is 13.8. The Kier molecular flexibility index (Phi) is 5.71. The molecule has 0 spiro atoms. The molecule has 31 heavy (non-hydrogen) atoms. The number of rotatable bonds is 5. The number of aromatic nitrogens is 2. The average molecular weight is 436 g/mol. The highest BCUT2D eigenvalue weighted by atomic mass is 35.5. The van der Waals surface area contributed by atoms with Gasteiger partial charge in [0.25, 0.3) is 0 Å². The number of benzene rings is 2. The number of carbonyl (C=O) groups is 1. The summed E-state index contributed by atoms with van der Waals surface area (Å²) < 4.78 is 0. The number of aromatic amines is 1. The van der Waals surface area contributed by atoms with Gasteiger partial charge >= 0.3 is 5.69 Å². The van der Waals surface area contributed by atoms with Gasteiger partial charge in [-0.05, 0) is 48.1 Å². The molecule has 1 amide bonds. The summed E-state index contributed by atoms with van der Waals surface area (Å²) in [5, 5.41) is 3.46. The maximum atomic E-state index is 12.3. The Hall–Kier alpha value is -2.92. The first kappa shape index (κ1) is 21.3. The molecular weight excluding hydrogens is 410 g/mol. The van der Waals surface area contributed by atoms with Gasteiger partial charge in [-0.1, -0.05) is 62.7 Å². The molecule has 2 N–H and O–H groups in total. The van der Waals surface area contributed by atoms with Crippen LogP contribution in [0.5, 0.6) is 0 Å². The number of H-pyrrole nitrogens is 1. The van der Waals surface area contributed by atoms with Crippen molar-refractivity contribution in [3.8, 4) is 22.5 Å². The summed E-state index contributed by atoms with van der Waals surface area (Å²) >= 11 is 6.45. The summed E-state index contributed by atoms with van der Waals surface area (Å²) in [6, 6.07) is 15.6. The molecule has 6 heteroatoms. The summed E-state index contributed by atoms with van der Waals surface area (Å²) in [6.07, 6.45) is 2.50. The molecule has 0 saturated heterocycles. The zero-order chi connectivity index (χ0) is 22.2. The van der Waals surface area contributed by atoms with E-state index in [1.807, 2.05) is 51.1 Å². The van der Waals surface area contributed by atoms with Gasteiger partial charge in [-0.25, -0.2) is 4.79 Å². The Labute approximate surface area is 186 Å². The largest absolute Gasteiger partial charge is 0.352 e. The smallest absolute Gasteiger partial charge is 0.345 e. The summed E-state index contributed by atoms with van der Waals surface area (Å²) in [5.41, 5.74) is 4.11. The van der Waals surface area contributed by atoms with Crippen LogP contribution in [0.3, 0.4) is 0 Å². The lowest BCUT2D eigenvalue weighted by atomic mass is 9.95. The molecule has 1 aliphatic carbocycles. The number of amides is 1. The molecule has 1 heterocycles. The number of nitrogens with zero attached hydrogens (tertiary/aromatic N) is 1. The molecule has 0 atom stereocenters. The predicted octanol–water partition coefficient (Wildman–Crippen LogP) is 5.30. The quantitative estimate of drug-likeness (QED) is 0.571. The molecule has 0 radical (unpaired) electrons. The Bertz CT molecular complexity index is 1170. The van der Waals surface area contributed by atoms with Gasteiger partial charge in [-0.3, -0.25) is 4.79 Å². The fourth-order valence-corrected chi connectivity index (χ4v) is 3.65. The molecule has 3 aromatic rings. The maximum absolute atomic E-state index is 12.3. The first-order chi connectivity index (χ1) is 14.7. The predicted molar refractivity (Wildman–Crippen MR) is 124 cm³/mol. The molecule has 4 rings (SSSR count). The van der Waals surface area contributed by atoms with Crippen molar-refractivity contribution in [2.75, 3.05) is 0 Å². The zero-order valence-corrected chi connectivity index (χ0v) is 18.7. The minimum absolute atomic E-state index is 0.0294. The fourth-order valence-electron chi connectivity index (χ4n) is 3.43. The lowest BCUT2D eigenvalue weighted by Crippen LogP contribution is -2.34. The Morgan fingerprint density at radius 2 is 1.84 bits per heavy atom. The second kappa shape index (κ2) is 8.31. The number of hydrogen-bond acceptors (Lipinski definition) is 3. The van der Waals surface area contributed by atoms with Crippen LogP contribution in [0.15, 0.2) is 53.3 Å². The van der Waals surface area contributed by atoms with E-state index >= 15 is 0 Å². The van der Waals surface area contributed by atoms with Gasteiger partial charge in [-0.2, -0.15) is 4.98 Å². The molecule has 5 nitrogen and oxygen atoms in total. The van der Waals surface area contributed by atoms with Gasteiger partial charge in [0.1, 0.15) is 0 Å². The van der Waals surface area contributed by atoms with Crippen molar-refractivity contribution in [3.63, 3.8) is 0 Å². The summed E-state index contributed by atoms with van der Waals surface area (Å²) in [7, 11) is 0. The number of hydrogen-bond donors (Lipinski definition) is 2. The van der Waals surface area contributed by atoms with Crippen LogP contribution >= 0.6 is 11.6 Å². The van der Waals surface area contributed by atoms with Gasteiger partial charge in [-0.15, -0.1) is 0 Å². The van der Waals surface area contributed by atoms with Crippen molar-refractivity contribution in [3.05, 3.63) is 75.2 Å². The highest BCUT2D eigenvalue weighted by Crippen LogP contribution is 2.40. The topological polar surface area (TPSA) is 74.8 Å². The molecule has 2 aromatic carbocycles. The van der Waals surface area contributed by atoms with Crippen molar-refractivity contribution in [1.82, 2.24) is 15.3 Å². The van der Waals surface area contributed by atoms with E-state index in [1.54, 1.807) is 6.07 Å². The van der Waals surface area contributed by atoms with Crippen molar-refractivity contribution in [2.45, 2.75) is 46.1 Å². The van der Waals surface area contributed by atoms with E-state index in [2.05, 4.69) is 27.4 Å². The highest BCUT2D eigenvalue weighted by Gasteiger charge is 2.23. The van der Waals surface area contributed by atoms with Crippen LogP contribution in [0.1, 0.15) is 50.7 Å². The Balaban J connectivity index is 1.63. The van der Waals surface area contributed by atoms with E-state index in [-0.39, 0.29) is 5.91 Å². The van der Waals surface area contributed by atoms with Gasteiger partial charge < -0.3 is 10.3 Å². The van der Waals surface area contributed by atoms with E-state index < -0.39 is 11.1 Å². The van der Waals surface area contributed by atoms with Crippen LogP contribution < -0.4 is 11.0 Å². The van der Waals surface area contributed by atoms with Crippen molar-refractivity contribution < 1.29 is 4.79 Å². The third-order valence-electron chi connectivity index (χ3n) is 5.46. The molecule has 1 aromatic heterocycles. The van der Waals surface area contributed by atoms with Crippen LogP contribution in [-0.2, 0) is 11.3 Å². The third kappa shape index (κ3) is 5.05. The molecular formula is C25H26ClN3O2. The molecule has 1 saturated carbocycles. The van der Waals surface area contributed by atoms with Crippen molar-refractivity contribution >= 4 is 17.5 Å². The molecule has 0 unspecified atom stereocenters. The van der Waals surface area contributed by atoms with Crippen LogP contribution in [0, 0.1) is 5.41 Å². The van der Waals surface area contributed by atoms with E-state index in [0.717, 1.165) is 11.1 Å². The SMILES string of the molecule is CC(C)(C)C(=O)NCc1ccc(Cl)c(-c2cc(-c3ccc(C4CC4)cc3)nc(=O)[nH]2)c1. The van der Waals surface area contributed by atoms with Gasteiger partial charge in [0.05, 0.1) is 11.4 Å². The minimum atomic E-state index is -0.463. The van der Waals surface area contributed by atoms with E-state index in [9.17, 15) is 9.59 Å². The average Bonchev–Trinajstić information content (AvgIpc) is 3.57. The lowest BCUT2D eigenvalue weighted by molar-refractivity contribution is -0.128. The molecule has 0 bridgehead atoms. The summed E-state index contributed by atoms with van der Waals surface area (Å²) in [4.78, 5) is 31.4. The Morgan fingerprint density at radius 1 is 1.13 bits per heavy atom. The Morgan fingerprint density at radius 3 is 2.48 bits per heavy atom. The highest BCUT2D eigenvalue weighted by molar-refractivity contribution is 6.33. The fraction of sp³-hybridized carbons (Fsp3) is 0.320.